The fraction of sp³-hybridized carbons (Fsp3) is 0. The van der Waals surface area contributed by atoms with E-state index in [2.05, 4.69) is 6.58 Å². The summed E-state index contributed by atoms with van der Waals surface area (Å²) in [5.74, 6) is 0. The molecule has 7 heavy (non-hydrogen) atoms. The second-order valence-electron chi connectivity index (χ2n) is 0.406. The average Bonchev–Trinajstić information content (AvgIpc) is 1.69. The first-order valence-corrected chi connectivity index (χ1v) is 1.40. The summed E-state index contributed by atoms with van der Waals surface area (Å²) in [5, 5.41) is 0. The molecule has 0 aliphatic rings. The predicted octanol–water partition coefficient (Wildman–Crippen LogP) is 2.50. The summed E-state index contributed by atoms with van der Waals surface area (Å²) in [6.07, 6.45) is -0.0833. The predicted molar refractivity (Wildman–Crippen MR) is 22.7 cm³/mol. The third kappa shape index (κ3) is 773. The minimum Gasteiger partial charge on any atom is -0.216 e. The molecule has 0 aromatic carbocycles. The third-order valence-electron chi connectivity index (χ3n) is 0.0476. The Bertz CT molecular complexity index is 44.9. The van der Waals surface area contributed by atoms with Gasteiger partial charge >= 0.3 is 0 Å². The standard InChI is InChI=1S/C2H2F2.C2H3F/c3-1-2-4;1-2-3/h1-2H;2H,1H2/b2-1-;. The van der Waals surface area contributed by atoms with Gasteiger partial charge in [0.1, 0.15) is 12.7 Å². The molecule has 42 valence electrons. The van der Waals surface area contributed by atoms with Gasteiger partial charge in [-0.25, -0.2) is 13.2 Å². The first-order valence-electron chi connectivity index (χ1n) is 1.40. The topological polar surface area (TPSA) is 0 Å². The van der Waals surface area contributed by atoms with Crippen molar-refractivity contribution in [1.29, 1.82) is 0 Å². The molecule has 0 unspecified atom stereocenters. The minimum atomic E-state index is -0.167. The van der Waals surface area contributed by atoms with E-state index >= 15 is 0 Å². The maximum atomic E-state index is 10.2. The number of halogens is 3. The fourth-order valence-corrected chi connectivity index (χ4v) is 0. The van der Waals surface area contributed by atoms with Crippen molar-refractivity contribution in [3.8, 4) is 0 Å². The van der Waals surface area contributed by atoms with Crippen LogP contribution in [0.15, 0.2) is 25.6 Å². The van der Waals surface area contributed by atoms with Crippen LogP contribution in [0.1, 0.15) is 0 Å². The number of rotatable bonds is 0. The molecule has 0 amide bonds. The molecule has 0 aromatic heterocycles. The van der Waals surface area contributed by atoms with Crippen molar-refractivity contribution in [3.05, 3.63) is 25.6 Å². The third-order valence-corrected chi connectivity index (χ3v) is 0.0476. The van der Waals surface area contributed by atoms with Crippen LogP contribution in [0.25, 0.3) is 0 Å². The van der Waals surface area contributed by atoms with Gasteiger partial charge in [0.2, 0.25) is 0 Å². The van der Waals surface area contributed by atoms with Crippen molar-refractivity contribution in [2.75, 3.05) is 0 Å². The second-order valence-corrected chi connectivity index (χ2v) is 0.406. The Labute approximate surface area is 40.0 Å². The highest BCUT2D eigenvalue weighted by Gasteiger charge is 1.43. The highest BCUT2D eigenvalue weighted by Crippen LogP contribution is 1.67. The molecule has 0 atom stereocenters. The van der Waals surface area contributed by atoms with Crippen molar-refractivity contribution >= 4 is 0 Å². The van der Waals surface area contributed by atoms with E-state index in [1.165, 1.54) is 0 Å². The molecule has 0 nitrogen and oxygen atoms in total. The molecular formula is C4H5F3. The van der Waals surface area contributed by atoms with E-state index in [9.17, 15) is 13.2 Å². The zero-order valence-electron chi connectivity index (χ0n) is 3.57. The van der Waals surface area contributed by atoms with E-state index in [0.29, 0.717) is 0 Å². The Kier molecular flexibility index (Phi) is 25.4. The lowest BCUT2D eigenvalue weighted by Crippen LogP contribution is -1.18. The lowest BCUT2D eigenvalue weighted by Gasteiger charge is -1.42. The normalized spacial score (nSPS) is 7.29. The molecule has 0 heterocycles. The van der Waals surface area contributed by atoms with Crippen LogP contribution >= 0.6 is 0 Å². The highest BCUT2D eigenvalue weighted by molar-refractivity contribution is 4.51. The Balaban J connectivity index is 0. The van der Waals surface area contributed by atoms with E-state index in [1.807, 2.05) is 0 Å². The summed E-state index contributed by atoms with van der Waals surface area (Å²) in [4.78, 5) is 0. The van der Waals surface area contributed by atoms with Gasteiger partial charge in [0.25, 0.3) is 0 Å². The van der Waals surface area contributed by atoms with Gasteiger partial charge in [0.05, 0.1) is 6.33 Å². The van der Waals surface area contributed by atoms with Crippen LogP contribution < -0.4 is 0 Å². The van der Waals surface area contributed by atoms with Gasteiger partial charge in [-0.2, -0.15) is 0 Å². The van der Waals surface area contributed by atoms with Crippen molar-refractivity contribution in [1.82, 2.24) is 0 Å². The van der Waals surface area contributed by atoms with Gasteiger partial charge in [-0.3, -0.25) is 0 Å². The molecule has 0 aromatic rings. The summed E-state index contributed by atoms with van der Waals surface area (Å²) >= 11 is 0. The maximum Gasteiger partial charge on any atom is 0.115 e. The Morgan fingerprint density at radius 2 is 1.14 bits per heavy atom. The molecule has 0 aliphatic carbocycles. The van der Waals surface area contributed by atoms with Gasteiger partial charge in [-0.05, 0) is 0 Å². The molecule has 0 aliphatic heterocycles. The van der Waals surface area contributed by atoms with Crippen molar-refractivity contribution in [2.45, 2.75) is 0 Å². The van der Waals surface area contributed by atoms with Crippen molar-refractivity contribution < 1.29 is 13.2 Å². The van der Waals surface area contributed by atoms with Gasteiger partial charge in [-0.15, -0.1) is 0 Å². The first kappa shape index (κ1) is 9.55. The summed E-state index contributed by atoms with van der Waals surface area (Å²) < 4.78 is 30.4. The second kappa shape index (κ2) is 18.6. The van der Waals surface area contributed by atoms with Crippen LogP contribution in [-0.2, 0) is 0 Å². The van der Waals surface area contributed by atoms with Gasteiger partial charge in [0.15, 0.2) is 0 Å². The van der Waals surface area contributed by atoms with E-state index < -0.39 is 0 Å². The van der Waals surface area contributed by atoms with E-state index in [4.69, 9.17) is 0 Å². The van der Waals surface area contributed by atoms with E-state index in [0.717, 1.165) is 0 Å². The number of hydrogen-bond donors (Lipinski definition) is 0. The lowest BCUT2D eigenvalue weighted by molar-refractivity contribution is 0.645. The molecular weight excluding hydrogens is 105 g/mol. The van der Waals surface area contributed by atoms with Gasteiger partial charge in [-0.1, -0.05) is 6.58 Å². The monoisotopic (exact) mass is 110 g/mol. The molecule has 0 rings (SSSR count). The van der Waals surface area contributed by atoms with Crippen molar-refractivity contribution in [3.63, 3.8) is 0 Å². The van der Waals surface area contributed by atoms with Crippen LogP contribution in [0.4, 0.5) is 13.2 Å². The molecule has 0 N–H and O–H groups in total. The largest absolute Gasteiger partial charge is 0.216 e. The Morgan fingerprint density at radius 1 is 1.00 bits per heavy atom. The molecule has 0 fully saturated rings. The summed E-state index contributed by atoms with van der Waals surface area (Å²) in [6.45, 7) is 2.69. The zero-order valence-corrected chi connectivity index (χ0v) is 3.57. The van der Waals surface area contributed by atoms with E-state index in [1.54, 1.807) is 0 Å². The van der Waals surface area contributed by atoms with Gasteiger partial charge in [0, 0.05) is 0 Å². The minimum absolute atomic E-state index is 0.167. The van der Waals surface area contributed by atoms with Crippen molar-refractivity contribution in [2.24, 2.45) is 0 Å². The molecule has 0 saturated heterocycles. The zero-order chi connectivity index (χ0) is 6.12. The number of hydrogen-bond acceptors (Lipinski definition) is 0. The van der Waals surface area contributed by atoms with Crippen LogP contribution in [-0.4, -0.2) is 0 Å². The maximum absolute atomic E-state index is 10.2. The van der Waals surface area contributed by atoms with E-state index in [-0.39, 0.29) is 19.0 Å². The smallest absolute Gasteiger partial charge is 0.115 e. The van der Waals surface area contributed by atoms with Crippen LogP contribution in [0.5, 0.6) is 0 Å². The molecule has 0 saturated carbocycles. The first-order chi connectivity index (χ1) is 3.33. The molecule has 0 bridgehead atoms. The van der Waals surface area contributed by atoms with Crippen LogP contribution in [0.3, 0.4) is 0 Å². The quantitative estimate of drug-likeness (QED) is 0.449. The van der Waals surface area contributed by atoms with Crippen LogP contribution in [0.2, 0.25) is 0 Å². The Hall–Kier alpha value is -0.730. The highest BCUT2D eigenvalue weighted by atomic mass is 19.2. The SMILES string of the molecule is C=CF.F/C=C\F. The molecule has 0 spiro atoms. The Morgan fingerprint density at radius 3 is 1.14 bits per heavy atom. The summed E-state index contributed by atoms with van der Waals surface area (Å²) in [7, 11) is 0. The summed E-state index contributed by atoms with van der Waals surface area (Å²) in [5.41, 5.74) is 0. The lowest BCUT2D eigenvalue weighted by atomic mass is 11.2. The van der Waals surface area contributed by atoms with Crippen LogP contribution in [0, 0.1) is 0 Å². The van der Waals surface area contributed by atoms with Gasteiger partial charge < -0.3 is 0 Å². The molecule has 0 radical (unpaired) electrons. The average molecular weight is 110 g/mol. The fourth-order valence-electron chi connectivity index (χ4n) is 0. The molecule has 3 heteroatoms. The summed E-state index contributed by atoms with van der Waals surface area (Å²) in [6, 6.07) is 0.